The number of benzene rings is 1. The molecule has 0 aliphatic carbocycles. The molecule has 0 aliphatic rings. The zero-order chi connectivity index (χ0) is 14.8. The van der Waals surface area contributed by atoms with Crippen LogP contribution in [0.1, 0.15) is 42.6 Å². The third-order valence-electron chi connectivity index (χ3n) is 2.99. The molecule has 0 fully saturated rings. The summed E-state index contributed by atoms with van der Waals surface area (Å²) in [5.74, 6) is -1.41. The van der Waals surface area contributed by atoms with E-state index in [0.29, 0.717) is 6.42 Å². The number of hydrogen-bond donors (Lipinski definition) is 1. The molecule has 2 N–H and O–H groups in total. The van der Waals surface area contributed by atoms with Crippen molar-refractivity contribution in [2.75, 3.05) is 0 Å². The van der Waals surface area contributed by atoms with Gasteiger partial charge in [0.05, 0.1) is 6.04 Å². The highest BCUT2D eigenvalue weighted by Gasteiger charge is 2.39. The molecule has 108 valence electrons. The lowest BCUT2D eigenvalue weighted by Crippen LogP contribution is -2.15. The Labute approximate surface area is 113 Å². The van der Waals surface area contributed by atoms with Crippen molar-refractivity contribution in [1.82, 2.24) is 10.1 Å². The predicted octanol–water partition coefficient (Wildman–Crippen LogP) is 3.28. The zero-order valence-corrected chi connectivity index (χ0v) is 10.8. The molecule has 4 nitrogen and oxygen atoms in total. The summed E-state index contributed by atoms with van der Waals surface area (Å²) in [6.45, 7) is 1.94. The first-order chi connectivity index (χ1) is 9.38. The van der Waals surface area contributed by atoms with E-state index in [1.54, 1.807) is 0 Å². The lowest BCUT2D eigenvalue weighted by Gasteiger charge is -2.14. The largest absolute Gasteiger partial charge is 0.471 e. The third kappa shape index (κ3) is 3.36. The van der Waals surface area contributed by atoms with Crippen molar-refractivity contribution in [2.45, 2.75) is 31.5 Å². The van der Waals surface area contributed by atoms with E-state index in [1.807, 2.05) is 37.3 Å². The van der Waals surface area contributed by atoms with E-state index in [2.05, 4.69) is 14.7 Å². The molecule has 1 aromatic carbocycles. The Morgan fingerprint density at radius 3 is 2.45 bits per heavy atom. The molecule has 0 saturated carbocycles. The first kappa shape index (κ1) is 14.5. The van der Waals surface area contributed by atoms with Gasteiger partial charge in [0, 0.05) is 0 Å². The molecular weight excluding hydrogens is 271 g/mol. The van der Waals surface area contributed by atoms with Crippen LogP contribution in [0.5, 0.6) is 0 Å². The smallest absolute Gasteiger partial charge is 0.329 e. The molecule has 2 rings (SSSR count). The fourth-order valence-corrected chi connectivity index (χ4v) is 1.90. The SMILES string of the molecule is CC(CC(N)c1noc(C(F)(F)F)n1)c1ccccc1. The van der Waals surface area contributed by atoms with Gasteiger partial charge in [-0.05, 0) is 17.9 Å². The minimum atomic E-state index is -4.64. The van der Waals surface area contributed by atoms with E-state index in [4.69, 9.17) is 5.73 Å². The molecule has 1 aromatic heterocycles. The molecule has 0 aliphatic heterocycles. The molecule has 0 spiro atoms. The number of nitrogens with two attached hydrogens (primary N) is 1. The summed E-state index contributed by atoms with van der Waals surface area (Å²) in [5.41, 5.74) is 6.90. The number of rotatable bonds is 4. The van der Waals surface area contributed by atoms with Crippen LogP contribution in [0.2, 0.25) is 0 Å². The average molecular weight is 285 g/mol. The van der Waals surface area contributed by atoms with Gasteiger partial charge in [-0.25, -0.2) is 0 Å². The summed E-state index contributed by atoms with van der Waals surface area (Å²) in [6, 6.07) is 8.86. The van der Waals surface area contributed by atoms with Crippen LogP contribution >= 0.6 is 0 Å². The maximum atomic E-state index is 12.4. The minimum absolute atomic E-state index is 0.0824. The molecule has 0 radical (unpaired) electrons. The summed E-state index contributed by atoms with van der Waals surface area (Å²) in [6.07, 6.45) is -4.21. The molecule has 1 heterocycles. The van der Waals surface area contributed by atoms with Gasteiger partial charge >= 0.3 is 12.1 Å². The van der Waals surface area contributed by atoms with Crippen molar-refractivity contribution in [1.29, 1.82) is 0 Å². The Bertz CT molecular complexity index is 553. The van der Waals surface area contributed by atoms with Crippen molar-refractivity contribution < 1.29 is 17.7 Å². The predicted molar refractivity (Wildman–Crippen MR) is 65.7 cm³/mol. The second-order valence-electron chi connectivity index (χ2n) is 4.61. The lowest BCUT2D eigenvalue weighted by molar-refractivity contribution is -0.159. The van der Waals surface area contributed by atoms with Gasteiger partial charge in [0.1, 0.15) is 0 Å². The van der Waals surface area contributed by atoms with Gasteiger partial charge in [0.2, 0.25) is 0 Å². The van der Waals surface area contributed by atoms with Gasteiger partial charge in [-0.1, -0.05) is 42.4 Å². The monoisotopic (exact) mass is 285 g/mol. The van der Waals surface area contributed by atoms with Crippen molar-refractivity contribution in [3.8, 4) is 0 Å². The molecule has 2 aromatic rings. The molecular formula is C13H14F3N3O. The van der Waals surface area contributed by atoms with E-state index in [1.165, 1.54) is 0 Å². The van der Waals surface area contributed by atoms with E-state index < -0.39 is 18.1 Å². The van der Waals surface area contributed by atoms with Crippen LogP contribution in [-0.2, 0) is 6.18 Å². The minimum Gasteiger partial charge on any atom is -0.329 e. The van der Waals surface area contributed by atoms with Gasteiger partial charge in [0.25, 0.3) is 0 Å². The van der Waals surface area contributed by atoms with Crippen LogP contribution in [0.15, 0.2) is 34.9 Å². The molecule has 0 bridgehead atoms. The van der Waals surface area contributed by atoms with Crippen LogP contribution in [0.25, 0.3) is 0 Å². The molecule has 7 heteroatoms. The Balaban J connectivity index is 2.05. The number of hydrogen-bond acceptors (Lipinski definition) is 4. The van der Waals surface area contributed by atoms with Gasteiger partial charge in [-0.3, -0.25) is 0 Å². The molecule has 20 heavy (non-hydrogen) atoms. The van der Waals surface area contributed by atoms with Gasteiger partial charge in [-0.2, -0.15) is 18.2 Å². The highest BCUT2D eigenvalue weighted by atomic mass is 19.4. The molecule has 0 amide bonds. The highest BCUT2D eigenvalue weighted by Crippen LogP contribution is 2.30. The first-order valence-corrected chi connectivity index (χ1v) is 6.09. The van der Waals surface area contributed by atoms with Crippen LogP contribution < -0.4 is 5.73 Å². The zero-order valence-electron chi connectivity index (χ0n) is 10.8. The summed E-state index contributed by atoms with van der Waals surface area (Å²) >= 11 is 0. The second kappa shape index (κ2) is 5.62. The van der Waals surface area contributed by atoms with Crippen LogP contribution in [0.3, 0.4) is 0 Å². The van der Waals surface area contributed by atoms with E-state index in [9.17, 15) is 13.2 Å². The fourth-order valence-electron chi connectivity index (χ4n) is 1.90. The second-order valence-corrected chi connectivity index (χ2v) is 4.61. The summed E-state index contributed by atoms with van der Waals surface area (Å²) in [4.78, 5) is 3.30. The van der Waals surface area contributed by atoms with Crippen LogP contribution in [-0.4, -0.2) is 10.1 Å². The first-order valence-electron chi connectivity index (χ1n) is 6.09. The Hall–Kier alpha value is -1.89. The van der Waals surface area contributed by atoms with Crippen molar-refractivity contribution in [2.24, 2.45) is 5.73 Å². The average Bonchev–Trinajstić information content (AvgIpc) is 2.89. The molecule has 0 saturated heterocycles. The number of nitrogens with zero attached hydrogens (tertiary/aromatic N) is 2. The topological polar surface area (TPSA) is 64.9 Å². The van der Waals surface area contributed by atoms with Crippen molar-refractivity contribution in [3.05, 3.63) is 47.6 Å². The quantitative estimate of drug-likeness (QED) is 0.936. The van der Waals surface area contributed by atoms with Gasteiger partial charge < -0.3 is 10.3 Å². The Morgan fingerprint density at radius 2 is 1.90 bits per heavy atom. The summed E-state index contributed by atoms with van der Waals surface area (Å²) < 4.78 is 41.2. The lowest BCUT2D eigenvalue weighted by atomic mass is 9.94. The van der Waals surface area contributed by atoms with E-state index >= 15 is 0 Å². The fraction of sp³-hybridized carbons (Fsp3) is 0.385. The van der Waals surface area contributed by atoms with Crippen LogP contribution in [0.4, 0.5) is 13.2 Å². The number of aromatic nitrogens is 2. The Kier molecular flexibility index (Phi) is 4.08. The maximum Gasteiger partial charge on any atom is 0.471 e. The van der Waals surface area contributed by atoms with Crippen molar-refractivity contribution >= 4 is 0 Å². The number of halogens is 3. The third-order valence-corrected chi connectivity index (χ3v) is 2.99. The standard InChI is InChI=1S/C13H14F3N3O/c1-8(9-5-3-2-4-6-9)7-10(17)11-18-12(20-19-11)13(14,15)16/h2-6,8,10H,7,17H2,1H3. The van der Waals surface area contributed by atoms with Crippen LogP contribution in [0, 0.1) is 0 Å². The van der Waals surface area contributed by atoms with Crippen molar-refractivity contribution in [3.63, 3.8) is 0 Å². The normalized spacial score (nSPS) is 15.1. The van der Waals surface area contributed by atoms with E-state index in [-0.39, 0.29) is 11.7 Å². The van der Waals surface area contributed by atoms with Gasteiger partial charge in [0.15, 0.2) is 5.82 Å². The summed E-state index contributed by atoms with van der Waals surface area (Å²) in [7, 11) is 0. The summed E-state index contributed by atoms with van der Waals surface area (Å²) in [5, 5.41) is 3.30. The highest BCUT2D eigenvalue weighted by molar-refractivity contribution is 5.19. The number of alkyl halides is 3. The van der Waals surface area contributed by atoms with Gasteiger partial charge in [-0.15, -0.1) is 0 Å². The molecule has 2 unspecified atom stereocenters. The maximum absolute atomic E-state index is 12.4. The molecule has 2 atom stereocenters. The van der Waals surface area contributed by atoms with E-state index in [0.717, 1.165) is 5.56 Å². The Morgan fingerprint density at radius 1 is 1.25 bits per heavy atom.